The van der Waals surface area contributed by atoms with Crippen LogP contribution in [0.4, 0.5) is 25.0 Å². The molecule has 1 heterocycles. The predicted octanol–water partition coefficient (Wildman–Crippen LogP) is 3.66. The van der Waals surface area contributed by atoms with E-state index >= 15 is 0 Å². The van der Waals surface area contributed by atoms with Gasteiger partial charge in [0.25, 0.3) is 0 Å². The number of pyridine rings is 1. The van der Waals surface area contributed by atoms with E-state index in [1.54, 1.807) is 18.2 Å². The first-order chi connectivity index (χ1) is 9.02. The third-order valence-corrected chi connectivity index (χ3v) is 2.34. The van der Waals surface area contributed by atoms with E-state index in [9.17, 15) is 13.6 Å². The van der Waals surface area contributed by atoms with E-state index in [0.717, 1.165) is 12.1 Å². The monoisotopic (exact) mass is 283 g/mol. The molecule has 0 saturated carbocycles. The third-order valence-electron chi connectivity index (χ3n) is 2.10. The van der Waals surface area contributed by atoms with E-state index in [1.165, 1.54) is 6.07 Å². The molecule has 0 atom stereocenters. The first kappa shape index (κ1) is 13.2. The number of urea groups is 1. The SMILES string of the molecule is O=C(Nc1cccc(Cl)c1)Nc1cc(F)nc(F)c1. The summed E-state index contributed by atoms with van der Waals surface area (Å²) in [5.41, 5.74) is 0.421. The first-order valence-corrected chi connectivity index (χ1v) is 5.57. The van der Waals surface area contributed by atoms with Crippen LogP contribution in [0.1, 0.15) is 0 Å². The number of aromatic nitrogens is 1. The van der Waals surface area contributed by atoms with Gasteiger partial charge < -0.3 is 10.6 Å². The lowest BCUT2D eigenvalue weighted by molar-refractivity contribution is 0.262. The number of nitrogens with one attached hydrogen (secondary N) is 2. The van der Waals surface area contributed by atoms with E-state index in [2.05, 4.69) is 15.6 Å². The van der Waals surface area contributed by atoms with E-state index in [0.29, 0.717) is 10.7 Å². The number of hydrogen-bond donors (Lipinski definition) is 2. The highest BCUT2D eigenvalue weighted by Crippen LogP contribution is 2.15. The highest BCUT2D eigenvalue weighted by Gasteiger charge is 2.06. The molecule has 0 fully saturated rings. The van der Waals surface area contributed by atoms with Gasteiger partial charge in [-0.3, -0.25) is 0 Å². The van der Waals surface area contributed by atoms with Crippen molar-refractivity contribution in [2.45, 2.75) is 0 Å². The zero-order valence-electron chi connectivity index (χ0n) is 9.45. The molecule has 1 aromatic heterocycles. The molecule has 0 aliphatic carbocycles. The van der Waals surface area contributed by atoms with Crippen LogP contribution in [0.25, 0.3) is 0 Å². The van der Waals surface area contributed by atoms with Crippen molar-refractivity contribution in [1.29, 1.82) is 0 Å². The van der Waals surface area contributed by atoms with Crippen molar-refractivity contribution in [2.75, 3.05) is 10.6 Å². The van der Waals surface area contributed by atoms with Gasteiger partial charge in [0.05, 0.1) is 5.69 Å². The van der Waals surface area contributed by atoms with Gasteiger partial charge in [0.2, 0.25) is 11.9 Å². The molecule has 0 spiro atoms. The van der Waals surface area contributed by atoms with Gasteiger partial charge in [-0.1, -0.05) is 17.7 Å². The third kappa shape index (κ3) is 3.89. The van der Waals surface area contributed by atoms with Crippen LogP contribution >= 0.6 is 11.6 Å². The van der Waals surface area contributed by atoms with Crippen LogP contribution in [0.5, 0.6) is 0 Å². The number of benzene rings is 1. The molecule has 98 valence electrons. The number of carbonyl (C=O) groups is 1. The van der Waals surface area contributed by atoms with Crippen molar-refractivity contribution < 1.29 is 13.6 Å². The maximum Gasteiger partial charge on any atom is 0.323 e. The standard InChI is InChI=1S/C12H8ClF2N3O/c13-7-2-1-3-8(4-7)16-12(19)17-9-5-10(14)18-11(15)6-9/h1-6H,(H2,16,17,18,19). The highest BCUT2D eigenvalue weighted by atomic mass is 35.5. The Morgan fingerprint density at radius 1 is 1.05 bits per heavy atom. The fourth-order valence-corrected chi connectivity index (χ4v) is 1.59. The second kappa shape index (κ2) is 5.62. The van der Waals surface area contributed by atoms with Crippen molar-refractivity contribution >= 4 is 29.0 Å². The topological polar surface area (TPSA) is 54.0 Å². The minimum absolute atomic E-state index is 0.0375. The number of halogens is 3. The lowest BCUT2D eigenvalue weighted by Crippen LogP contribution is -2.19. The zero-order valence-corrected chi connectivity index (χ0v) is 10.2. The summed E-state index contributed by atoms with van der Waals surface area (Å²) in [4.78, 5) is 14.5. The molecule has 0 aliphatic heterocycles. The summed E-state index contributed by atoms with van der Waals surface area (Å²) in [6.07, 6.45) is 0. The van der Waals surface area contributed by atoms with Gasteiger partial charge in [0, 0.05) is 22.8 Å². The molecule has 2 rings (SSSR count). The largest absolute Gasteiger partial charge is 0.323 e. The van der Waals surface area contributed by atoms with Crippen LogP contribution in [0.2, 0.25) is 5.02 Å². The summed E-state index contributed by atoms with van der Waals surface area (Å²) in [7, 11) is 0. The Morgan fingerprint density at radius 2 is 1.68 bits per heavy atom. The van der Waals surface area contributed by atoms with E-state index in [1.807, 2.05) is 0 Å². The lowest BCUT2D eigenvalue weighted by Gasteiger charge is -2.07. The normalized spacial score (nSPS) is 10.1. The molecule has 0 aliphatic rings. The van der Waals surface area contributed by atoms with Gasteiger partial charge in [0.1, 0.15) is 0 Å². The summed E-state index contributed by atoms with van der Waals surface area (Å²) in [5.74, 6) is -2.03. The summed E-state index contributed by atoms with van der Waals surface area (Å²) in [6.45, 7) is 0. The summed E-state index contributed by atoms with van der Waals surface area (Å²) < 4.78 is 25.6. The quantitative estimate of drug-likeness (QED) is 0.827. The average Bonchev–Trinajstić information content (AvgIpc) is 2.26. The second-order valence-corrected chi connectivity index (χ2v) is 4.03. The molecular formula is C12H8ClF2N3O. The van der Waals surface area contributed by atoms with Crippen LogP contribution in [0.3, 0.4) is 0 Å². The molecule has 1 aromatic carbocycles. The molecule has 7 heteroatoms. The number of carbonyl (C=O) groups excluding carboxylic acids is 1. The predicted molar refractivity (Wildman–Crippen MR) is 68.2 cm³/mol. The number of hydrogen-bond acceptors (Lipinski definition) is 2. The van der Waals surface area contributed by atoms with Crippen LogP contribution < -0.4 is 10.6 Å². The molecule has 19 heavy (non-hydrogen) atoms. The first-order valence-electron chi connectivity index (χ1n) is 5.19. The zero-order chi connectivity index (χ0) is 13.8. The maximum atomic E-state index is 12.8. The molecular weight excluding hydrogens is 276 g/mol. The Balaban J connectivity index is 2.05. The van der Waals surface area contributed by atoms with Crippen LogP contribution in [-0.4, -0.2) is 11.0 Å². The van der Waals surface area contributed by atoms with Crippen molar-refractivity contribution in [2.24, 2.45) is 0 Å². The smallest absolute Gasteiger partial charge is 0.308 e. The molecule has 2 aromatic rings. The van der Waals surface area contributed by atoms with Gasteiger partial charge in [-0.05, 0) is 18.2 Å². The van der Waals surface area contributed by atoms with E-state index in [4.69, 9.17) is 11.6 Å². The van der Waals surface area contributed by atoms with Gasteiger partial charge in [-0.25, -0.2) is 4.79 Å². The van der Waals surface area contributed by atoms with Gasteiger partial charge in [-0.15, -0.1) is 0 Å². The average molecular weight is 284 g/mol. The lowest BCUT2D eigenvalue weighted by atomic mass is 10.3. The minimum atomic E-state index is -1.02. The number of amides is 2. The van der Waals surface area contributed by atoms with Crippen molar-refractivity contribution in [3.05, 3.63) is 53.3 Å². The van der Waals surface area contributed by atoms with Crippen molar-refractivity contribution in [3.8, 4) is 0 Å². The Morgan fingerprint density at radius 3 is 2.32 bits per heavy atom. The summed E-state index contributed by atoms with van der Waals surface area (Å²) >= 11 is 5.75. The van der Waals surface area contributed by atoms with Gasteiger partial charge >= 0.3 is 6.03 Å². The van der Waals surface area contributed by atoms with E-state index < -0.39 is 17.9 Å². The molecule has 0 radical (unpaired) electrons. The Labute approximate surface area is 112 Å². The second-order valence-electron chi connectivity index (χ2n) is 3.59. The molecule has 4 nitrogen and oxygen atoms in total. The van der Waals surface area contributed by atoms with Crippen molar-refractivity contribution in [3.63, 3.8) is 0 Å². The molecule has 0 unspecified atom stereocenters. The molecule has 0 bridgehead atoms. The molecule has 2 N–H and O–H groups in total. The van der Waals surface area contributed by atoms with Crippen LogP contribution in [-0.2, 0) is 0 Å². The fraction of sp³-hybridized carbons (Fsp3) is 0. The highest BCUT2D eigenvalue weighted by molar-refractivity contribution is 6.30. The number of rotatable bonds is 2. The Bertz CT molecular complexity index is 601. The summed E-state index contributed by atoms with van der Waals surface area (Å²) in [5, 5.41) is 5.21. The van der Waals surface area contributed by atoms with Crippen LogP contribution in [0.15, 0.2) is 36.4 Å². The number of anilines is 2. The van der Waals surface area contributed by atoms with E-state index in [-0.39, 0.29) is 5.69 Å². The summed E-state index contributed by atoms with van der Waals surface area (Å²) in [6, 6.07) is 7.63. The van der Waals surface area contributed by atoms with Crippen LogP contribution in [0, 0.1) is 11.9 Å². The van der Waals surface area contributed by atoms with Crippen molar-refractivity contribution in [1.82, 2.24) is 4.98 Å². The van der Waals surface area contributed by atoms with Gasteiger partial charge in [0.15, 0.2) is 0 Å². The minimum Gasteiger partial charge on any atom is -0.308 e. The maximum absolute atomic E-state index is 12.8. The molecule has 0 saturated heterocycles. The Hall–Kier alpha value is -2.21. The Kier molecular flexibility index (Phi) is 3.91. The molecule has 2 amide bonds. The number of nitrogens with zero attached hydrogens (tertiary/aromatic N) is 1. The van der Waals surface area contributed by atoms with Gasteiger partial charge in [-0.2, -0.15) is 13.8 Å². The fourth-order valence-electron chi connectivity index (χ4n) is 1.40.